The van der Waals surface area contributed by atoms with E-state index in [0.29, 0.717) is 6.61 Å². The van der Waals surface area contributed by atoms with Crippen molar-refractivity contribution in [3.63, 3.8) is 0 Å². The quantitative estimate of drug-likeness (QED) is 0.636. The summed E-state index contributed by atoms with van der Waals surface area (Å²) >= 11 is 0. The fraction of sp³-hybridized carbons (Fsp3) is 1.00. The van der Waals surface area contributed by atoms with Gasteiger partial charge < -0.3 is 14.2 Å². The van der Waals surface area contributed by atoms with E-state index < -0.39 is 0 Å². The summed E-state index contributed by atoms with van der Waals surface area (Å²) in [6.07, 6.45) is 1.33. The fourth-order valence-corrected chi connectivity index (χ4v) is 1.23. The average molecular weight is 174 g/mol. The van der Waals surface area contributed by atoms with Crippen molar-refractivity contribution in [1.82, 2.24) is 0 Å². The second-order valence-electron chi connectivity index (χ2n) is 3.37. The maximum Gasteiger partial charge on any atom is 0.154 e. The molecule has 0 aromatic heterocycles. The third-order valence-electron chi connectivity index (χ3n) is 1.77. The summed E-state index contributed by atoms with van der Waals surface area (Å²) in [5.41, 5.74) is 0. The molecule has 1 aliphatic heterocycles. The molecule has 0 aromatic carbocycles. The third kappa shape index (κ3) is 3.52. The highest BCUT2D eigenvalue weighted by atomic mass is 16.7. The molecule has 0 N–H and O–H groups in total. The molecule has 2 atom stereocenters. The minimum atomic E-state index is -0.0780. The molecule has 1 heterocycles. The molecule has 1 rings (SSSR count). The molecule has 0 saturated carbocycles. The van der Waals surface area contributed by atoms with Crippen LogP contribution in [-0.4, -0.2) is 31.7 Å². The van der Waals surface area contributed by atoms with E-state index in [1.165, 1.54) is 0 Å². The highest BCUT2D eigenvalue weighted by Gasteiger charge is 2.17. The molecule has 3 nitrogen and oxygen atoms in total. The van der Waals surface area contributed by atoms with E-state index >= 15 is 0 Å². The monoisotopic (exact) mass is 174 g/mol. The van der Waals surface area contributed by atoms with Crippen LogP contribution in [0, 0.1) is 0 Å². The van der Waals surface area contributed by atoms with E-state index in [9.17, 15) is 0 Å². The van der Waals surface area contributed by atoms with Gasteiger partial charge in [0.1, 0.15) is 0 Å². The Labute approximate surface area is 74.0 Å². The third-order valence-corrected chi connectivity index (χ3v) is 1.77. The Morgan fingerprint density at radius 3 is 2.75 bits per heavy atom. The SMILES string of the molecule is CC(C)O[C@@H]1CCO[C@H](C)OC1. The van der Waals surface area contributed by atoms with Crippen LogP contribution < -0.4 is 0 Å². The van der Waals surface area contributed by atoms with Gasteiger partial charge in [-0.15, -0.1) is 0 Å². The first kappa shape index (κ1) is 9.96. The van der Waals surface area contributed by atoms with Gasteiger partial charge in [-0.1, -0.05) is 0 Å². The topological polar surface area (TPSA) is 27.7 Å². The van der Waals surface area contributed by atoms with Gasteiger partial charge in [0.2, 0.25) is 0 Å². The second-order valence-corrected chi connectivity index (χ2v) is 3.37. The smallest absolute Gasteiger partial charge is 0.154 e. The Kier molecular flexibility index (Phi) is 3.98. The van der Waals surface area contributed by atoms with Crippen LogP contribution in [0.15, 0.2) is 0 Å². The van der Waals surface area contributed by atoms with Gasteiger partial charge in [-0.05, 0) is 27.2 Å². The highest BCUT2D eigenvalue weighted by Crippen LogP contribution is 2.10. The van der Waals surface area contributed by atoms with Crippen LogP contribution >= 0.6 is 0 Å². The highest BCUT2D eigenvalue weighted by molar-refractivity contribution is 4.61. The summed E-state index contributed by atoms with van der Waals surface area (Å²) in [7, 11) is 0. The fourth-order valence-electron chi connectivity index (χ4n) is 1.23. The lowest BCUT2D eigenvalue weighted by Gasteiger charge is -2.17. The van der Waals surface area contributed by atoms with Crippen LogP contribution in [0.1, 0.15) is 27.2 Å². The summed E-state index contributed by atoms with van der Waals surface area (Å²) in [5, 5.41) is 0. The lowest BCUT2D eigenvalue weighted by atomic mass is 10.3. The molecular formula is C9H18O3. The number of rotatable bonds is 2. The lowest BCUT2D eigenvalue weighted by molar-refractivity contribution is -0.125. The van der Waals surface area contributed by atoms with Crippen molar-refractivity contribution in [3.05, 3.63) is 0 Å². The van der Waals surface area contributed by atoms with Gasteiger partial charge in [-0.3, -0.25) is 0 Å². The molecule has 1 saturated heterocycles. The van der Waals surface area contributed by atoms with Gasteiger partial charge in [0, 0.05) is 0 Å². The molecular weight excluding hydrogens is 156 g/mol. The maximum absolute atomic E-state index is 5.61. The first-order chi connectivity index (χ1) is 5.68. The Morgan fingerprint density at radius 2 is 2.08 bits per heavy atom. The van der Waals surface area contributed by atoms with Crippen molar-refractivity contribution in [2.75, 3.05) is 13.2 Å². The van der Waals surface area contributed by atoms with Gasteiger partial charge in [-0.2, -0.15) is 0 Å². The molecule has 12 heavy (non-hydrogen) atoms. The van der Waals surface area contributed by atoms with E-state index in [0.717, 1.165) is 13.0 Å². The predicted octanol–water partition coefficient (Wildman–Crippen LogP) is 1.56. The summed E-state index contributed by atoms with van der Waals surface area (Å²) in [6, 6.07) is 0. The van der Waals surface area contributed by atoms with Gasteiger partial charge in [-0.25, -0.2) is 0 Å². The molecule has 0 radical (unpaired) electrons. The molecule has 0 amide bonds. The van der Waals surface area contributed by atoms with Crippen LogP contribution in [0.3, 0.4) is 0 Å². The molecule has 0 aliphatic carbocycles. The van der Waals surface area contributed by atoms with Gasteiger partial charge in [0.15, 0.2) is 6.29 Å². The van der Waals surface area contributed by atoms with Crippen LogP contribution in [0.5, 0.6) is 0 Å². The minimum Gasteiger partial charge on any atom is -0.373 e. The number of ether oxygens (including phenoxy) is 3. The van der Waals surface area contributed by atoms with E-state index in [1.807, 2.05) is 20.8 Å². The Bertz CT molecular complexity index is 125. The van der Waals surface area contributed by atoms with Crippen LogP contribution in [-0.2, 0) is 14.2 Å². The van der Waals surface area contributed by atoms with Crippen molar-refractivity contribution in [2.45, 2.75) is 45.7 Å². The molecule has 0 unspecified atom stereocenters. The Hall–Kier alpha value is -0.120. The molecule has 1 fully saturated rings. The van der Waals surface area contributed by atoms with Crippen LogP contribution in [0.2, 0.25) is 0 Å². The summed E-state index contributed by atoms with van der Waals surface area (Å²) in [6.45, 7) is 7.38. The van der Waals surface area contributed by atoms with Crippen molar-refractivity contribution >= 4 is 0 Å². The summed E-state index contributed by atoms with van der Waals surface area (Å²) in [4.78, 5) is 0. The maximum atomic E-state index is 5.61. The van der Waals surface area contributed by atoms with E-state index in [4.69, 9.17) is 14.2 Å². The average Bonchev–Trinajstić information content (AvgIpc) is 2.15. The van der Waals surface area contributed by atoms with E-state index in [-0.39, 0.29) is 18.5 Å². The second kappa shape index (κ2) is 4.80. The number of hydrogen-bond donors (Lipinski definition) is 0. The van der Waals surface area contributed by atoms with Gasteiger partial charge in [0.05, 0.1) is 25.4 Å². The summed E-state index contributed by atoms with van der Waals surface area (Å²) in [5.74, 6) is 0. The van der Waals surface area contributed by atoms with Crippen molar-refractivity contribution in [2.24, 2.45) is 0 Å². The normalized spacial score (nSPS) is 32.0. The van der Waals surface area contributed by atoms with E-state index in [1.54, 1.807) is 0 Å². The summed E-state index contributed by atoms with van der Waals surface area (Å²) < 4.78 is 16.3. The predicted molar refractivity (Wildman–Crippen MR) is 46.0 cm³/mol. The first-order valence-corrected chi connectivity index (χ1v) is 4.57. The Balaban J connectivity index is 2.26. The standard InChI is InChI=1S/C9H18O3/c1-7(2)12-9-4-5-10-8(3)11-6-9/h7-9H,4-6H2,1-3H3/t8-,9+/m0/s1. The molecule has 0 bridgehead atoms. The molecule has 1 aliphatic rings. The van der Waals surface area contributed by atoms with Crippen LogP contribution in [0.25, 0.3) is 0 Å². The van der Waals surface area contributed by atoms with Gasteiger partial charge >= 0.3 is 0 Å². The minimum absolute atomic E-state index is 0.0780. The Morgan fingerprint density at radius 1 is 1.33 bits per heavy atom. The molecule has 3 heteroatoms. The molecule has 0 aromatic rings. The zero-order valence-corrected chi connectivity index (χ0v) is 8.08. The largest absolute Gasteiger partial charge is 0.373 e. The van der Waals surface area contributed by atoms with Crippen molar-refractivity contribution < 1.29 is 14.2 Å². The number of hydrogen-bond acceptors (Lipinski definition) is 3. The van der Waals surface area contributed by atoms with Crippen molar-refractivity contribution in [3.8, 4) is 0 Å². The molecule has 72 valence electrons. The van der Waals surface area contributed by atoms with Crippen LogP contribution in [0.4, 0.5) is 0 Å². The van der Waals surface area contributed by atoms with Crippen molar-refractivity contribution in [1.29, 1.82) is 0 Å². The first-order valence-electron chi connectivity index (χ1n) is 4.57. The molecule has 0 spiro atoms. The van der Waals surface area contributed by atoms with Gasteiger partial charge in [0.25, 0.3) is 0 Å². The zero-order chi connectivity index (χ0) is 8.97. The van der Waals surface area contributed by atoms with E-state index in [2.05, 4.69) is 0 Å². The zero-order valence-electron chi connectivity index (χ0n) is 8.08. The lowest BCUT2D eigenvalue weighted by Crippen LogP contribution is -2.23.